The minimum atomic E-state index is -0.183. The van der Waals surface area contributed by atoms with E-state index in [1.165, 1.54) is 29.1 Å². The highest BCUT2D eigenvalue weighted by Gasteiger charge is 2.16. The number of nitrogens with zero attached hydrogens (tertiary/aromatic N) is 6. The average Bonchev–Trinajstić information content (AvgIpc) is 3.23. The van der Waals surface area contributed by atoms with Crippen LogP contribution in [0.2, 0.25) is 0 Å². The van der Waals surface area contributed by atoms with Crippen LogP contribution >= 0.6 is 23.5 Å². The number of thioether (sulfide) groups is 2. The Morgan fingerprint density at radius 2 is 1.93 bits per heavy atom. The number of rotatable bonds is 5. The van der Waals surface area contributed by atoms with Gasteiger partial charge >= 0.3 is 0 Å². The summed E-state index contributed by atoms with van der Waals surface area (Å²) in [7, 11) is 0. The standard InChI is InChI=1S/C19H17N7OS2/c1-13-7-9-14(10-8-13)16-11-28-18(22-21-16)20-17(27)12-29-19-23-24-25-26(19)15-5-3-2-4-6-15/h2-10H,11-12H2,1H3,(H,20,22,27). The zero-order valence-electron chi connectivity index (χ0n) is 15.5. The molecule has 1 N–H and O–H groups in total. The summed E-state index contributed by atoms with van der Waals surface area (Å²) in [5, 5.41) is 23.9. The molecule has 0 unspecified atom stereocenters. The van der Waals surface area contributed by atoms with Gasteiger partial charge in [-0.05, 0) is 35.0 Å². The van der Waals surface area contributed by atoms with Crippen LogP contribution in [0.25, 0.3) is 5.69 Å². The first-order valence-electron chi connectivity index (χ1n) is 8.80. The van der Waals surface area contributed by atoms with E-state index in [2.05, 4.69) is 31.0 Å². The molecule has 2 heterocycles. The van der Waals surface area contributed by atoms with Crippen molar-refractivity contribution in [3.05, 3.63) is 65.7 Å². The van der Waals surface area contributed by atoms with E-state index in [0.29, 0.717) is 16.1 Å². The molecule has 1 aliphatic heterocycles. The van der Waals surface area contributed by atoms with Gasteiger partial charge in [0.25, 0.3) is 0 Å². The summed E-state index contributed by atoms with van der Waals surface area (Å²) in [6.07, 6.45) is 0. The van der Waals surface area contributed by atoms with Gasteiger partial charge in [0.2, 0.25) is 11.1 Å². The molecule has 2 aromatic carbocycles. The van der Waals surface area contributed by atoms with Crippen LogP contribution in [0.1, 0.15) is 11.1 Å². The van der Waals surface area contributed by atoms with Crippen LogP contribution in [0.15, 0.2) is 70.0 Å². The summed E-state index contributed by atoms with van der Waals surface area (Å²) >= 11 is 2.71. The molecule has 29 heavy (non-hydrogen) atoms. The lowest BCUT2D eigenvalue weighted by atomic mass is 10.1. The fourth-order valence-corrected chi connectivity index (χ4v) is 4.01. The fraction of sp³-hybridized carbons (Fsp3) is 0.158. The van der Waals surface area contributed by atoms with Crippen molar-refractivity contribution in [3.63, 3.8) is 0 Å². The maximum Gasteiger partial charge on any atom is 0.236 e. The molecule has 0 atom stereocenters. The molecule has 3 aromatic rings. The monoisotopic (exact) mass is 423 g/mol. The molecule has 0 radical (unpaired) electrons. The van der Waals surface area contributed by atoms with Gasteiger partial charge in [-0.25, -0.2) is 0 Å². The molecule has 4 rings (SSSR count). The fourth-order valence-electron chi connectivity index (χ4n) is 2.53. The lowest BCUT2D eigenvalue weighted by Gasteiger charge is -2.12. The van der Waals surface area contributed by atoms with E-state index in [1.807, 2.05) is 61.5 Å². The van der Waals surface area contributed by atoms with Crippen molar-refractivity contribution in [1.29, 1.82) is 0 Å². The van der Waals surface area contributed by atoms with Crippen LogP contribution in [-0.4, -0.2) is 48.5 Å². The Bertz CT molecular complexity index is 1060. The first-order valence-corrected chi connectivity index (χ1v) is 10.8. The van der Waals surface area contributed by atoms with Crippen LogP contribution in [0.4, 0.5) is 0 Å². The normalized spacial score (nSPS) is 13.6. The molecule has 1 aliphatic rings. The third kappa shape index (κ3) is 4.90. The van der Waals surface area contributed by atoms with Crippen LogP contribution in [0.5, 0.6) is 0 Å². The van der Waals surface area contributed by atoms with Crippen molar-refractivity contribution in [1.82, 2.24) is 25.5 Å². The summed E-state index contributed by atoms with van der Waals surface area (Å²) in [5.74, 6) is 0.640. The summed E-state index contributed by atoms with van der Waals surface area (Å²) in [5.41, 5.74) is 3.97. The number of aromatic nitrogens is 4. The highest BCUT2D eigenvalue weighted by molar-refractivity contribution is 8.14. The number of carbonyl (C=O) groups excluding carboxylic acids is 1. The van der Waals surface area contributed by atoms with Gasteiger partial charge in [-0.3, -0.25) is 4.79 Å². The van der Waals surface area contributed by atoms with Gasteiger partial charge < -0.3 is 5.32 Å². The second-order valence-corrected chi connectivity index (χ2v) is 8.06. The number of tetrazole rings is 1. The quantitative estimate of drug-likeness (QED) is 0.634. The van der Waals surface area contributed by atoms with Gasteiger partial charge in [-0.1, -0.05) is 71.6 Å². The van der Waals surface area contributed by atoms with Crippen molar-refractivity contribution in [2.45, 2.75) is 12.1 Å². The molecule has 0 saturated carbocycles. The van der Waals surface area contributed by atoms with Gasteiger partial charge in [0.05, 0.1) is 17.2 Å². The number of amidine groups is 1. The zero-order chi connectivity index (χ0) is 20.1. The number of aryl methyl sites for hydroxylation is 1. The first kappa shape index (κ1) is 19.3. The smallest absolute Gasteiger partial charge is 0.236 e. The van der Waals surface area contributed by atoms with Crippen molar-refractivity contribution in [2.24, 2.45) is 10.2 Å². The Labute approximate surface area is 175 Å². The van der Waals surface area contributed by atoms with E-state index in [1.54, 1.807) is 4.68 Å². The molecule has 0 aliphatic carbocycles. The largest absolute Gasteiger partial charge is 0.303 e. The van der Waals surface area contributed by atoms with Crippen LogP contribution in [-0.2, 0) is 4.79 Å². The number of hydrogen-bond donors (Lipinski definition) is 1. The second-order valence-electron chi connectivity index (χ2n) is 6.15. The number of benzene rings is 2. The molecule has 0 spiro atoms. The minimum absolute atomic E-state index is 0.168. The third-order valence-corrected chi connectivity index (χ3v) is 5.81. The van der Waals surface area contributed by atoms with Crippen molar-refractivity contribution in [3.8, 4) is 5.69 Å². The molecule has 1 aromatic heterocycles. The summed E-state index contributed by atoms with van der Waals surface area (Å²) < 4.78 is 1.60. The van der Waals surface area contributed by atoms with Crippen molar-refractivity contribution >= 4 is 40.3 Å². The van der Waals surface area contributed by atoms with Crippen LogP contribution in [0, 0.1) is 6.92 Å². The van der Waals surface area contributed by atoms with E-state index in [4.69, 9.17) is 0 Å². The Hall–Kier alpha value is -2.98. The number of amides is 1. The second kappa shape index (κ2) is 9.01. The number of hydrogen-bond acceptors (Lipinski definition) is 8. The Morgan fingerprint density at radius 1 is 1.14 bits per heavy atom. The van der Waals surface area contributed by atoms with E-state index in [9.17, 15) is 4.79 Å². The van der Waals surface area contributed by atoms with Crippen molar-refractivity contribution in [2.75, 3.05) is 11.5 Å². The SMILES string of the molecule is Cc1ccc(C2=NN=C(NC(=O)CSc3nnnn3-c3ccccc3)SC2)cc1. The van der Waals surface area contributed by atoms with Gasteiger partial charge in [0.1, 0.15) is 0 Å². The average molecular weight is 424 g/mol. The zero-order valence-corrected chi connectivity index (χ0v) is 17.2. The molecular formula is C19H17N7OS2. The predicted octanol–water partition coefficient (Wildman–Crippen LogP) is 2.69. The molecular weight excluding hydrogens is 406 g/mol. The molecule has 10 heteroatoms. The minimum Gasteiger partial charge on any atom is -0.303 e. The Balaban J connectivity index is 1.34. The molecule has 1 amide bonds. The highest BCUT2D eigenvalue weighted by Crippen LogP contribution is 2.19. The van der Waals surface area contributed by atoms with Gasteiger partial charge in [-0.2, -0.15) is 9.78 Å². The van der Waals surface area contributed by atoms with E-state index < -0.39 is 0 Å². The lowest BCUT2D eigenvalue weighted by Crippen LogP contribution is -2.31. The van der Waals surface area contributed by atoms with E-state index in [0.717, 1.165) is 17.0 Å². The summed E-state index contributed by atoms with van der Waals surface area (Å²) in [6, 6.07) is 17.7. The molecule has 8 nitrogen and oxygen atoms in total. The lowest BCUT2D eigenvalue weighted by molar-refractivity contribution is -0.117. The Kier molecular flexibility index (Phi) is 6.01. The molecule has 0 saturated heterocycles. The summed E-state index contributed by atoms with van der Waals surface area (Å²) in [4.78, 5) is 12.3. The third-order valence-electron chi connectivity index (χ3n) is 4.01. The topological polar surface area (TPSA) is 97.4 Å². The maximum atomic E-state index is 12.3. The van der Waals surface area contributed by atoms with E-state index in [-0.39, 0.29) is 11.7 Å². The number of nitrogens with one attached hydrogen (secondary N) is 1. The predicted molar refractivity (Wildman–Crippen MR) is 116 cm³/mol. The van der Waals surface area contributed by atoms with Gasteiger partial charge in [0.15, 0.2) is 5.17 Å². The molecule has 0 fully saturated rings. The van der Waals surface area contributed by atoms with Crippen molar-refractivity contribution < 1.29 is 4.79 Å². The number of para-hydroxylation sites is 1. The summed E-state index contributed by atoms with van der Waals surface area (Å²) in [6.45, 7) is 2.05. The molecule has 146 valence electrons. The number of carbonyl (C=O) groups is 1. The van der Waals surface area contributed by atoms with Crippen LogP contribution < -0.4 is 5.32 Å². The maximum absolute atomic E-state index is 12.3. The highest BCUT2D eigenvalue weighted by atomic mass is 32.2. The van der Waals surface area contributed by atoms with Gasteiger partial charge in [0, 0.05) is 5.75 Å². The van der Waals surface area contributed by atoms with Crippen LogP contribution in [0.3, 0.4) is 0 Å². The molecule has 0 bridgehead atoms. The Morgan fingerprint density at radius 3 is 2.66 bits per heavy atom. The first-order chi connectivity index (χ1) is 14.2. The van der Waals surface area contributed by atoms with E-state index >= 15 is 0 Å². The van der Waals surface area contributed by atoms with Gasteiger partial charge in [-0.15, -0.1) is 10.2 Å².